The van der Waals surface area contributed by atoms with Crippen LogP contribution in [0.3, 0.4) is 0 Å². The molecule has 138 valence electrons. The van der Waals surface area contributed by atoms with Crippen molar-refractivity contribution in [2.75, 3.05) is 36.6 Å². The van der Waals surface area contributed by atoms with Crippen molar-refractivity contribution < 1.29 is 9.47 Å². The van der Waals surface area contributed by atoms with E-state index in [1.54, 1.807) is 0 Å². The summed E-state index contributed by atoms with van der Waals surface area (Å²) in [5.41, 5.74) is 11.3. The number of benzene rings is 1. The molecule has 6 heteroatoms. The first kappa shape index (κ1) is 17.1. The average molecular weight is 354 g/mol. The third-order valence-electron chi connectivity index (χ3n) is 4.81. The fraction of sp³-hybridized carbons (Fsp3) is 0.450. The molecular formula is C20H26N4O2. The zero-order chi connectivity index (χ0) is 18.1. The van der Waals surface area contributed by atoms with E-state index in [0.29, 0.717) is 0 Å². The number of hydrogen-bond donors (Lipinski definition) is 2. The summed E-state index contributed by atoms with van der Waals surface area (Å²) in [6, 6.07) is 8.60. The van der Waals surface area contributed by atoms with Gasteiger partial charge in [0.2, 0.25) is 0 Å². The topological polar surface area (TPSA) is 58.7 Å². The van der Waals surface area contributed by atoms with Crippen LogP contribution in [0.5, 0.6) is 5.75 Å². The number of morpholine rings is 1. The molecule has 0 spiro atoms. The van der Waals surface area contributed by atoms with Gasteiger partial charge in [-0.2, -0.15) is 0 Å². The van der Waals surface area contributed by atoms with Crippen molar-refractivity contribution in [2.24, 2.45) is 0 Å². The van der Waals surface area contributed by atoms with Crippen LogP contribution in [0.2, 0.25) is 0 Å². The first-order valence-corrected chi connectivity index (χ1v) is 9.23. The largest absolute Gasteiger partial charge is 0.491 e. The van der Waals surface area contributed by atoms with E-state index in [1.165, 1.54) is 11.1 Å². The Hall–Kier alpha value is -2.31. The predicted octanol–water partition coefficient (Wildman–Crippen LogP) is 3.03. The highest BCUT2D eigenvalue weighted by molar-refractivity contribution is 5.63. The Morgan fingerprint density at radius 3 is 2.81 bits per heavy atom. The number of pyridine rings is 1. The van der Waals surface area contributed by atoms with Crippen molar-refractivity contribution in [3.8, 4) is 5.75 Å². The fourth-order valence-corrected chi connectivity index (χ4v) is 3.50. The number of hydrogen-bond acceptors (Lipinski definition) is 6. The van der Waals surface area contributed by atoms with Gasteiger partial charge in [0, 0.05) is 24.8 Å². The summed E-state index contributed by atoms with van der Waals surface area (Å²) in [6.07, 6.45) is 2.04. The third kappa shape index (κ3) is 3.34. The van der Waals surface area contributed by atoms with Crippen LogP contribution >= 0.6 is 0 Å². The molecule has 2 N–H and O–H groups in total. The normalized spacial score (nSPS) is 19.4. The zero-order valence-electron chi connectivity index (χ0n) is 15.6. The van der Waals surface area contributed by atoms with Crippen molar-refractivity contribution in [2.45, 2.75) is 32.9 Å². The number of rotatable bonds is 4. The zero-order valence-corrected chi connectivity index (χ0v) is 15.6. The molecule has 2 aliphatic rings. The molecular weight excluding hydrogens is 328 g/mol. The van der Waals surface area contributed by atoms with Crippen molar-refractivity contribution in [3.63, 3.8) is 0 Å². The number of anilines is 2. The monoisotopic (exact) mass is 354 g/mol. The average Bonchev–Trinajstić information content (AvgIpc) is 3.05. The van der Waals surface area contributed by atoms with E-state index in [4.69, 9.17) is 9.47 Å². The summed E-state index contributed by atoms with van der Waals surface area (Å²) in [6.45, 7) is 9.47. The summed E-state index contributed by atoms with van der Waals surface area (Å²) in [7, 11) is 0. The van der Waals surface area contributed by atoms with Gasteiger partial charge in [-0.1, -0.05) is 0 Å². The Balaban J connectivity index is 1.64. The lowest BCUT2D eigenvalue weighted by molar-refractivity contribution is 0.122. The Bertz CT molecular complexity index is 787. The van der Waals surface area contributed by atoms with Gasteiger partial charge in [0.1, 0.15) is 11.6 Å². The molecule has 1 saturated heterocycles. The Morgan fingerprint density at radius 1 is 1.23 bits per heavy atom. The molecule has 1 atom stereocenters. The van der Waals surface area contributed by atoms with Crippen LogP contribution in [0.4, 0.5) is 11.5 Å². The molecule has 0 amide bonds. The summed E-state index contributed by atoms with van der Waals surface area (Å²) in [5, 5.41) is 0. The van der Waals surface area contributed by atoms with Crippen molar-refractivity contribution in [3.05, 3.63) is 47.2 Å². The molecule has 0 bridgehead atoms. The van der Waals surface area contributed by atoms with Crippen LogP contribution < -0.4 is 20.5 Å². The number of aryl methyl sites for hydroxylation is 1. The standard InChI is InChI=1S/C20H26N4O2/c1-13(2)26-18-12-16-17(10-14(18)3)22-23-20(16)15-4-5-21-19(11-15)24-6-8-25-9-7-24/h4-5,10-13,20,22-23H,6-9H2,1-3H3. The maximum Gasteiger partial charge on any atom is 0.128 e. The van der Waals surface area contributed by atoms with E-state index in [1.807, 2.05) is 6.20 Å². The van der Waals surface area contributed by atoms with Gasteiger partial charge in [0.05, 0.1) is 31.0 Å². The number of hydrazine groups is 1. The van der Waals surface area contributed by atoms with Crippen LogP contribution in [-0.2, 0) is 4.74 Å². The van der Waals surface area contributed by atoms with Gasteiger partial charge in [-0.25, -0.2) is 10.4 Å². The lowest BCUT2D eigenvalue weighted by Crippen LogP contribution is -2.36. The van der Waals surface area contributed by atoms with Crippen LogP contribution in [0.1, 0.15) is 36.6 Å². The van der Waals surface area contributed by atoms with Gasteiger partial charge >= 0.3 is 0 Å². The summed E-state index contributed by atoms with van der Waals surface area (Å²) >= 11 is 0. The molecule has 0 radical (unpaired) electrons. The number of fused-ring (bicyclic) bond motifs is 1. The number of nitrogens with one attached hydrogen (secondary N) is 2. The molecule has 2 aliphatic heterocycles. The molecule has 1 fully saturated rings. The minimum atomic E-state index is 0.0721. The van der Waals surface area contributed by atoms with Crippen LogP contribution in [0, 0.1) is 6.92 Å². The van der Waals surface area contributed by atoms with E-state index in [2.05, 4.69) is 65.8 Å². The minimum absolute atomic E-state index is 0.0721. The first-order chi connectivity index (χ1) is 12.6. The number of nitrogens with zero attached hydrogens (tertiary/aromatic N) is 2. The molecule has 4 rings (SSSR count). The van der Waals surface area contributed by atoms with Crippen molar-refractivity contribution >= 4 is 11.5 Å². The van der Waals surface area contributed by atoms with Crippen LogP contribution in [-0.4, -0.2) is 37.4 Å². The van der Waals surface area contributed by atoms with Gasteiger partial charge in [0.25, 0.3) is 0 Å². The summed E-state index contributed by atoms with van der Waals surface area (Å²) < 4.78 is 11.4. The molecule has 0 saturated carbocycles. The van der Waals surface area contributed by atoms with E-state index in [-0.39, 0.29) is 12.1 Å². The van der Waals surface area contributed by atoms with E-state index >= 15 is 0 Å². The molecule has 1 aromatic heterocycles. The Labute approximate surface area is 154 Å². The second-order valence-corrected chi connectivity index (χ2v) is 7.12. The lowest BCUT2D eigenvalue weighted by Gasteiger charge is -2.28. The highest BCUT2D eigenvalue weighted by atomic mass is 16.5. The van der Waals surface area contributed by atoms with Crippen molar-refractivity contribution in [1.29, 1.82) is 0 Å². The van der Waals surface area contributed by atoms with Crippen molar-refractivity contribution in [1.82, 2.24) is 10.4 Å². The predicted molar refractivity (Wildman–Crippen MR) is 103 cm³/mol. The highest BCUT2D eigenvalue weighted by Gasteiger charge is 2.26. The summed E-state index contributed by atoms with van der Waals surface area (Å²) in [5.74, 6) is 1.95. The highest BCUT2D eigenvalue weighted by Crippen LogP contribution is 2.38. The van der Waals surface area contributed by atoms with Gasteiger partial charge in [0.15, 0.2) is 0 Å². The number of aromatic nitrogens is 1. The lowest BCUT2D eigenvalue weighted by atomic mass is 9.98. The van der Waals surface area contributed by atoms with Gasteiger partial charge in [-0.3, -0.25) is 0 Å². The second-order valence-electron chi connectivity index (χ2n) is 7.12. The van der Waals surface area contributed by atoms with E-state index < -0.39 is 0 Å². The molecule has 2 aromatic rings. The quantitative estimate of drug-likeness (QED) is 0.880. The second kappa shape index (κ2) is 7.13. The van der Waals surface area contributed by atoms with Crippen LogP contribution in [0.25, 0.3) is 0 Å². The van der Waals surface area contributed by atoms with E-state index in [0.717, 1.165) is 49.1 Å². The summed E-state index contributed by atoms with van der Waals surface area (Å²) in [4.78, 5) is 6.84. The minimum Gasteiger partial charge on any atom is -0.491 e. The Kier molecular flexibility index (Phi) is 4.70. The SMILES string of the molecule is Cc1cc2c(cc1OC(C)C)C(c1ccnc(N3CCOCC3)c1)NN2. The Morgan fingerprint density at radius 2 is 2.04 bits per heavy atom. The van der Waals surface area contributed by atoms with Gasteiger partial charge in [-0.05, 0) is 56.2 Å². The van der Waals surface area contributed by atoms with E-state index in [9.17, 15) is 0 Å². The smallest absolute Gasteiger partial charge is 0.128 e. The maximum absolute atomic E-state index is 5.98. The molecule has 1 aromatic carbocycles. The molecule has 6 nitrogen and oxygen atoms in total. The first-order valence-electron chi connectivity index (χ1n) is 9.23. The third-order valence-corrected chi connectivity index (χ3v) is 4.81. The maximum atomic E-state index is 5.98. The molecule has 1 unspecified atom stereocenters. The molecule has 3 heterocycles. The molecule has 0 aliphatic carbocycles. The van der Waals surface area contributed by atoms with Gasteiger partial charge < -0.3 is 19.8 Å². The molecule has 26 heavy (non-hydrogen) atoms. The van der Waals surface area contributed by atoms with Crippen LogP contribution in [0.15, 0.2) is 30.5 Å². The number of ether oxygens (including phenoxy) is 2. The van der Waals surface area contributed by atoms with Gasteiger partial charge in [-0.15, -0.1) is 0 Å². The fourth-order valence-electron chi connectivity index (χ4n) is 3.50.